The van der Waals surface area contributed by atoms with Crippen LogP contribution < -0.4 is 0 Å². The van der Waals surface area contributed by atoms with Crippen molar-refractivity contribution in [2.24, 2.45) is 0 Å². The van der Waals surface area contributed by atoms with Crippen LogP contribution in [0.15, 0.2) is 59.3 Å². The number of hydrogen-bond donors (Lipinski definition) is 0. The summed E-state index contributed by atoms with van der Waals surface area (Å²) in [5.74, 6) is -0.429. The number of esters is 1. The molecule has 0 bridgehead atoms. The fourth-order valence-electron chi connectivity index (χ4n) is 1.95. The lowest BCUT2D eigenvalue weighted by molar-refractivity contribution is 0.0472. The van der Waals surface area contributed by atoms with Gasteiger partial charge in [0.25, 0.3) is 0 Å². The largest absolute Gasteiger partial charge is 0.457 e. The van der Waals surface area contributed by atoms with Crippen LogP contribution in [0.4, 0.5) is 0 Å². The molecule has 7 heteroatoms. The van der Waals surface area contributed by atoms with Gasteiger partial charge >= 0.3 is 5.97 Å². The van der Waals surface area contributed by atoms with E-state index in [1.165, 1.54) is 11.0 Å². The zero-order valence-electron chi connectivity index (χ0n) is 11.4. The van der Waals surface area contributed by atoms with E-state index in [0.29, 0.717) is 11.3 Å². The van der Waals surface area contributed by atoms with Gasteiger partial charge in [0.15, 0.2) is 0 Å². The van der Waals surface area contributed by atoms with Crippen molar-refractivity contribution in [2.45, 2.75) is 6.61 Å². The topological polar surface area (TPSA) is 69.9 Å². The Bertz CT molecular complexity index is 790. The van der Waals surface area contributed by atoms with Crippen LogP contribution in [0.5, 0.6) is 0 Å². The Morgan fingerprint density at radius 3 is 2.68 bits per heavy atom. The molecule has 0 unspecified atom stereocenters. The first kappa shape index (κ1) is 14.4. The number of aromatic nitrogens is 4. The van der Waals surface area contributed by atoms with Gasteiger partial charge in [0.1, 0.15) is 12.9 Å². The van der Waals surface area contributed by atoms with Gasteiger partial charge < -0.3 is 4.74 Å². The highest BCUT2D eigenvalue weighted by Crippen LogP contribution is 2.19. The SMILES string of the molecule is O=C(OCc1ccccc1Br)c1ccccc1-n1cnnn1. The predicted octanol–water partition coefficient (Wildman–Crippen LogP) is 2.78. The first-order chi connectivity index (χ1) is 10.8. The monoisotopic (exact) mass is 358 g/mol. The van der Waals surface area contributed by atoms with Crippen molar-refractivity contribution in [2.75, 3.05) is 0 Å². The average molecular weight is 359 g/mol. The molecule has 2 aromatic carbocycles. The van der Waals surface area contributed by atoms with Crippen molar-refractivity contribution in [3.05, 3.63) is 70.5 Å². The van der Waals surface area contributed by atoms with Gasteiger partial charge in [-0.2, -0.15) is 4.68 Å². The Morgan fingerprint density at radius 1 is 1.14 bits per heavy atom. The molecule has 0 atom stereocenters. The smallest absolute Gasteiger partial charge is 0.340 e. The summed E-state index contributed by atoms with van der Waals surface area (Å²) in [5, 5.41) is 11.0. The summed E-state index contributed by atoms with van der Waals surface area (Å²) < 4.78 is 7.71. The van der Waals surface area contributed by atoms with Crippen molar-refractivity contribution in [3.63, 3.8) is 0 Å². The summed E-state index contributed by atoms with van der Waals surface area (Å²) in [5.41, 5.74) is 1.88. The van der Waals surface area contributed by atoms with Crippen LogP contribution in [0, 0.1) is 0 Å². The van der Waals surface area contributed by atoms with E-state index in [1.807, 2.05) is 30.3 Å². The fraction of sp³-hybridized carbons (Fsp3) is 0.0667. The van der Waals surface area contributed by atoms with Crippen LogP contribution in [0.3, 0.4) is 0 Å². The number of rotatable bonds is 4. The molecule has 0 aliphatic rings. The maximum atomic E-state index is 12.3. The van der Waals surface area contributed by atoms with E-state index in [0.717, 1.165) is 10.0 Å². The minimum atomic E-state index is -0.429. The summed E-state index contributed by atoms with van der Waals surface area (Å²) in [6, 6.07) is 14.6. The van der Waals surface area contributed by atoms with Crippen molar-refractivity contribution in [1.29, 1.82) is 0 Å². The molecule has 1 aromatic heterocycles. The van der Waals surface area contributed by atoms with Crippen LogP contribution >= 0.6 is 15.9 Å². The number of benzene rings is 2. The second-order valence-electron chi connectivity index (χ2n) is 4.44. The summed E-state index contributed by atoms with van der Waals surface area (Å²) >= 11 is 3.43. The molecule has 0 saturated heterocycles. The molecule has 22 heavy (non-hydrogen) atoms. The first-order valence-corrected chi connectivity index (χ1v) is 7.28. The third-order valence-corrected chi connectivity index (χ3v) is 3.81. The Labute approximate surface area is 134 Å². The number of hydrogen-bond acceptors (Lipinski definition) is 5. The van der Waals surface area contributed by atoms with E-state index >= 15 is 0 Å². The average Bonchev–Trinajstić information content (AvgIpc) is 3.08. The summed E-state index contributed by atoms with van der Waals surface area (Å²) in [7, 11) is 0. The molecule has 6 nitrogen and oxygen atoms in total. The highest BCUT2D eigenvalue weighted by Gasteiger charge is 2.15. The molecule has 0 spiro atoms. The van der Waals surface area contributed by atoms with Crippen LogP contribution in [0.1, 0.15) is 15.9 Å². The number of nitrogens with zero attached hydrogens (tertiary/aromatic N) is 4. The number of para-hydroxylation sites is 1. The lowest BCUT2D eigenvalue weighted by Gasteiger charge is -2.09. The van der Waals surface area contributed by atoms with E-state index in [2.05, 4.69) is 31.5 Å². The molecular formula is C15H11BrN4O2. The molecule has 3 rings (SSSR count). The Kier molecular flexibility index (Phi) is 4.24. The summed E-state index contributed by atoms with van der Waals surface area (Å²) in [6.07, 6.45) is 1.43. The quantitative estimate of drug-likeness (QED) is 0.670. The molecule has 0 radical (unpaired) electrons. The molecule has 0 N–H and O–H groups in total. The second kappa shape index (κ2) is 6.48. The predicted molar refractivity (Wildman–Crippen MR) is 82.4 cm³/mol. The fourth-order valence-corrected chi connectivity index (χ4v) is 2.35. The molecule has 0 aliphatic carbocycles. The summed E-state index contributed by atoms with van der Waals surface area (Å²) in [4.78, 5) is 12.3. The molecular weight excluding hydrogens is 348 g/mol. The third kappa shape index (κ3) is 3.04. The maximum Gasteiger partial charge on any atom is 0.340 e. The molecule has 0 aliphatic heterocycles. The van der Waals surface area contributed by atoms with E-state index in [-0.39, 0.29) is 6.61 Å². The normalized spacial score (nSPS) is 10.4. The number of ether oxygens (including phenoxy) is 1. The van der Waals surface area contributed by atoms with Gasteiger partial charge in [-0.1, -0.05) is 46.3 Å². The van der Waals surface area contributed by atoms with Crippen molar-refractivity contribution < 1.29 is 9.53 Å². The molecule has 0 fully saturated rings. The molecule has 0 amide bonds. The molecule has 110 valence electrons. The Morgan fingerprint density at radius 2 is 1.91 bits per heavy atom. The Hall–Kier alpha value is -2.54. The van der Waals surface area contributed by atoms with Gasteiger partial charge in [0.2, 0.25) is 0 Å². The lowest BCUT2D eigenvalue weighted by atomic mass is 10.2. The van der Waals surface area contributed by atoms with Crippen LogP contribution in [-0.2, 0) is 11.3 Å². The number of carbonyl (C=O) groups excluding carboxylic acids is 1. The first-order valence-electron chi connectivity index (χ1n) is 6.48. The second-order valence-corrected chi connectivity index (χ2v) is 5.29. The Balaban J connectivity index is 1.80. The zero-order chi connectivity index (χ0) is 15.4. The van der Waals surface area contributed by atoms with E-state index < -0.39 is 5.97 Å². The van der Waals surface area contributed by atoms with Crippen LogP contribution in [0.25, 0.3) is 5.69 Å². The van der Waals surface area contributed by atoms with Gasteiger partial charge in [-0.25, -0.2) is 4.79 Å². The van der Waals surface area contributed by atoms with Gasteiger partial charge in [-0.15, -0.1) is 5.10 Å². The minimum Gasteiger partial charge on any atom is -0.457 e. The maximum absolute atomic E-state index is 12.3. The standard InChI is InChI=1S/C15H11BrN4O2/c16-13-7-3-1-5-11(13)9-22-15(21)12-6-2-4-8-14(12)20-10-17-18-19-20/h1-8,10H,9H2. The minimum absolute atomic E-state index is 0.185. The van der Waals surface area contributed by atoms with Crippen molar-refractivity contribution >= 4 is 21.9 Å². The van der Waals surface area contributed by atoms with Crippen molar-refractivity contribution in [3.8, 4) is 5.69 Å². The van der Waals surface area contributed by atoms with Gasteiger partial charge in [0.05, 0.1) is 11.3 Å². The highest BCUT2D eigenvalue weighted by molar-refractivity contribution is 9.10. The van der Waals surface area contributed by atoms with Crippen molar-refractivity contribution in [1.82, 2.24) is 20.2 Å². The third-order valence-electron chi connectivity index (χ3n) is 3.04. The summed E-state index contributed by atoms with van der Waals surface area (Å²) in [6.45, 7) is 0.185. The highest BCUT2D eigenvalue weighted by atomic mass is 79.9. The van der Waals surface area contributed by atoms with Crippen LogP contribution in [0.2, 0.25) is 0 Å². The van der Waals surface area contributed by atoms with Gasteiger partial charge in [-0.3, -0.25) is 0 Å². The number of tetrazole rings is 1. The van der Waals surface area contributed by atoms with E-state index in [1.54, 1.807) is 18.2 Å². The van der Waals surface area contributed by atoms with Gasteiger partial charge in [-0.05, 0) is 28.6 Å². The number of carbonyl (C=O) groups is 1. The van der Waals surface area contributed by atoms with E-state index in [9.17, 15) is 4.79 Å². The number of halogens is 1. The zero-order valence-corrected chi connectivity index (χ0v) is 13.0. The van der Waals surface area contributed by atoms with Crippen LogP contribution in [-0.4, -0.2) is 26.2 Å². The lowest BCUT2D eigenvalue weighted by Crippen LogP contribution is -2.10. The van der Waals surface area contributed by atoms with Gasteiger partial charge in [0, 0.05) is 10.0 Å². The molecule has 3 aromatic rings. The van der Waals surface area contributed by atoms with E-state index in [4.69, 9.17) is 4.74 Å². The molecule has 1 heterocycles. The molecule has 0 saturated carbocycles.